The van der Waals surface area contributed by atoms with E-state index in [-0.39, 0.29) is 23.0 Å². The second kappa shape index (κ2) is 11.3. The van der Waals surface area contributed by atoms with Gasteiger partial charge in [0, 0.05) is 36.9 Å². The number of anilines is 1. The van der Waals surface area contributed by atoms with Crippen LogP contribution in [0.1, 0.15) is 17.5 Å². The van der Waals surface area contributed by atoms with Crippen LogP contribution in [0.2, 0.25) is 5.02 Å². The van der Waals surface area contributed by atoms with Crippen LogP contribution in [0.4, 0.5) is 11.4 Å². The van der Waals surface area contributed by atoms with Gasteiger partial charge < -0.3 is 14.6 Å². The van der Waals surface area contributed by atoms with E-state index in [1.165, 1.54) is 17.8 Å². The van der Waals surface area contributed by atoms with Gasteiger partial charge in [0.2, 0.25) is 5.91 Å². The highest BCUT2D eigenvalue weighted by Gasteiger charge is 2.21. The maximum atomic E-state index is 12.7. The van der Waals surface area contributed by atoms with Crippen molar-refractivity contribution in [3.05, 3.63) is 62.7 Å². The van der Waals surface area contributed by atoms with Crippen molar-refractivity contribution >= 4 is 40.6 Å². The number of hydrogen-bond donors (Lipinski definition) is 1. The number of methoxy groups -OCH3 is 1. The summed E-state index contributed by atoms with van der Waals surface area (Å²) in [6.07, 6.45) is 0.740. The molecule has 2 aromatic carbocycles. The summed E-state index contributed by atoms with van der Waals surface area (Å²) in [5.74, 6) is 0.320. The number of thioether (sulfide) groups is 1. The van der Waals surface area contributed by atoms with E-state index in [0.717, 1.165) is 17.5 Å². The van der Waals surface area contributed by atoms with Gasteiger partial charge in [0.1, 0.15) is 5.69 Å². The first-order valence-corrected chi connectivity index (χ1v) is 11.5. The zero-order valence-electron chi connectivity index (χ0n) is 18.5. The first-order valence-electron chi connectivity index (χ1n) is 10.2. The topological polar surface area (TPSA) is 112 Å². The van der Waals surface area contributed by atoms with Crippen molar-refractivity contribution in [3.8, 4) is 11.4 Å². The van der Waals surface area contributed by atoms with Crippen LogP contribution in [0.5, 0.6) is 0 Å². The average Bonchev–Trinajstić information content (AvgIpc) is 3.19. The predicted molar refractivity (Wildman–Crippen MR) is 129 cm³/mol. The predicted octanol–water partition coefficient (Wildman–Crippen LogP) is 4.89. The third-order valence-electron chi connectivity index (χ3n) is 5.06. The van der Waals surface area contributed by atoms with Gasteiger partial charge in [0.05, 0.1) is 10.7 Å². The van der Waals surface area contributed by atoms with Gasteiger partial charge in [-0.25, -0.2) is 0 Å². The minimum Gasteiger partial charge on any atom is -0.385 e. The maximum Gasteiger partial charge on any atom is 0.293 e. The summed E-state index contributed by atoms with van der Waals surface area (Å²) in [4.78, 5) is 23.5. The largest absolute Gasteiger partial charge is 0.385 e. The average molecular weight is 490 g/mol. The van der Waals surface area contributed by atoms with Crippen molar-refractivity contribution in [3.63, 3.8) is 0 Å². The molecule has 33 heavy (non-hydrogen) atoms. The number of amides is 1. The Hall–Kier alpha value is -2.95. The van der Waals surface area contributed by atoms with E-state index in [0.29, 0.717) is 34.7 Å². The molecule has 1 N–H and O–H groups in total. The number of carbonyl (C=O) groups excluding carboxylic acids is 1. The summed E-state index contributed by atoms with van der Waals surface area (Å²) in [6.45, 7) is 4.75. The van der Waals surface area contributed by atoms with E-state index < -0.39 is 4.92 Å². The second-order valence-corrected chi connectivity index (χ2v) is 8.69. The lowest BCUT2D eigenvalue weighted by Gasteiger charge is -2.12. The summed E-state index contributed by atoms with van der Waals surface area (Å²) < 4.78 is 7.09. The van der Waals surface area contributed by atoms with Crippen LogP contribution in [0.3, 0.4) is 0 Å². The van der Waals surface area contributed by atoms with Gasteiger partial charge in [0.25, 0.3) is 5.69 Å². The van der Waals surface area contributed by atoms with Crippen molar-refractivity contribution in [1.29, 1.82) is 0 Å². The van der Waals surface area contributed by atoms with Crippen LogP contribution in [-0.2, 0) is 16.1 Å². The van der Waals surface area contributed by atoms with Crippen LogP contribution >= 0.6 is 23.4 Å². The quantitative estimate of drug-likeness (QED) is 0.187. The second-order valence-electron chi connectivity index (χ2n) is 7.31. The van der Waals surface area contributed by atoms with Gasteiger partial charge in [-0.2, -0.15) is 0 Å². The Morgan fingerprint density at radius 1 is 1.21 bits per heavy atom. The molecule has 0 unspecified atom stereocenters. The summed E-state index contributed by atoms with van der Waals surface area (Å²) in [6, 6.07) is 10.3. The molecule has 0 aliphatic rings. The minimum absolute atomic E-state index is 0.0214. The summed E-state index contributed by atoms with van der Waals surface area (Å²) >= 11 is 7.21. The molecule has 1 amide bonds. The molecule has 1 heterocycles. The van der Waals surface area contributed by atoms with Gasteiger partial charge in [0.15, 0.2) is 11.0 Å². The molecule has 174 valence electrons. The molecule has 0 atom stereocenters. The van der Waals surface area contributed by atoms with Crippen LogP contribution in [0.25, 0.3) is 11.4 Å². The van der Waals surface area contributed by atoms with E-state index in [9.17, 15) is 14.9 Å². The van der Waals surface area contributed by atoms with Gasteiger partial charge in [-0.05, 0) is 55.7 Å². The molecule has 3 aromatic rings. The Morgan fingerprint density at radius 3 is 2.61 bits per heavy atom. The third-order valence-corrected chi connectivity index (χ3v) is 6.28. The van der Waals surface area contributed by atoms with E-state index in [1.54, 1.807) is 32.2 Å². The first-order chi connectivity index (χ1) is 15.8. The Bertz CT molecular complexity index is 1150. The normalized spacial score (nSPS) is 10.9. The highest BCUT2D eigenvalue weighted by Crippen LogP contribution is 2.31. The molecule has 0 aliphatic heterocycles. The fourth-order valence-electron chi connectivity index (χ4n) is 3.19. The van der Waals surface area contributed by atoms with Crippen molar-refractivity contribution in [1.82, 2.24) is 14.8 Å². The number of aryl methyl sites for hydroxylation is 1. The fraction of sp³-hybridized carbons (Fsp3) is 0.318. The number of nitrogens with zero attached hydrogens (tertiary/aromatic N) is 4. The zero-order valence-corrected chi connectivity index (χ0v) is 20.1. The molecule has 0 saturated heterocycles. The smallest absolute Gasteiger partial charge is 0.293 e. The Morgan fingerprint density at radius 2 is 1.94 bits per heavy atom. The van der Waals surface area contributed by atoms with E-state index >= 15 is 0 Å². The standard InChI is InChI=1S/C22H24ClN5O4S/c1-14-5-10-18(28(30)31)20(15(14)2)24-19(29)13-33-22-26-25-21(27(22)11-4-12-32-3)16-6-8-17(23)9-7-16/h5-10H,4,11-13H2,1-3H3,(H,24,29). The van der Waals surface area contributed by atoms with E-state index in [1.807, 2.05) is 23.6 Å². The lowest BCUT2D eigenvalue weighted by atomic mass is 10.1. The van der Waals surface area contributed by atoms with Gasteiger partial charge in [-0.3, -0.25) is 14.9 Å². The molecule has 0 bridgehead atoms. The highest BCUT2D eigenvalue weighted by atomic mass is 35.5. The lowest BCUT2D eigenvalue weighted by molar-refractivity contribution is -0.384. The fourth-order valence-corrected chi connectivity index (χ4v) is 4.08. The number of benzene rings is 2. The number of nitro benzene ring substituents is 1. The highest BCUT2D eigenvalue weighted by molar-refractivity contribution is 7.99. The zero-order chi connectivity index (χ0) is 24.0. The summed E-state index contributed by atoms with van der Waals surface area (Å²) in [7, 11) is 1.64. The molecule has 3 rings (SSSR count). The van der Waals surface area contributed by atoms with E-state index in [2.05, 4.69) is 15.5 Å². The molecule has 1 aromatic heterocycles. The minimum atomic E-state index is -0.500. The van der Waals surface area contributed by atoms with Crippen LogP contribution in [-0.4, -0.2) is 45.1 Å². The van der Waals surface area contributed by atoms with Crippen LogP contribution in [0, 0.1) is 24.0 Å². The molecule has 0 spiro atoms. The van der Waals surface area contributed by atoms with Crippen molar-refractivity contribution in [2.24, 2.45) is 0 Å². The van der Waals surface area contributed by atoms with Crippen LogP contribution < -0.4 is 5.32 Å². The summed E-state index contributed by atoms with van der Waals surface area (Å²) in [5, 5.41) is 23.8. The molecular formula is C22H24ClN5O4S. The number of aromatic nitrogens is 3. The molecule has 0 aliphatic carbocycles. The van der Waals surface area contributed by atoms with Crippen molar-refractivity contribution in [2.75, 3.05) is 24.8 Å². The lowest BCUT2D eigenvalue weighted by Crippen LogP contribution is -2.17. The number of carbonyl (C=O) groups is 1. The van der Waals surface area contributed by atoms with Gasteiger partial charge in [-0.1, -0.05) is 29.4 Å². The molecule has 9 nitrogen and oxygen atoms in total. The van der Waals surface area contributed by atoms with Crippen LogP contribution in [0.15, 0.2) is 41.6 Å². The number of ether oxygens (including phenoxy) is 1. The van der Waals surface area contributed by atoms with Gasteiger partial charge >= 0.3 is 0 Å². The number of halogens is 1. The molecule has 11 heteroatoms. The monoisotopic (exact) mass is 489 g/mol. The third kappa shape index (κ3) is 6.10. The number of nitro groups is 1. The van der Waals surface area contributed by atoms with Gasteiger partial charge in [-0.15, -0.1) is 10.2 Å². The SMILES string of the molecule is COCCCn1c(SCC(=O)Nc2c([N+](=O)[O-])ccc(C)c2C)nnc1-c1ccc(Cl)cc1. The first kappa shape index (κ1) is 24.7. The Balaban J connectivity index is 1.78. The summed E-state index contributed by atoms with van der Waals surface area (Å²) in [5.41, 5.74) is 2.45. The number of rotatable bonds is 10. The molecule has 0 radical (unpaired) electrons. The molecular weight excluding hydrogens is 466 g/mol. The Kier molecular flexibility index (Phi) is 8.43. The van der Waals surface area contributed by atoms with Crippen molar-refractivity contribution < 1.29 is 14.5 Å². The number of nitrogens with one attached hydrogen (secondary N) is 1. The molecule has 0 saturated carbocycles. The number of hydrogen-bond acceptors (Lipinski definition) is 7. The van der Waals surface area contributed by atoms with Crippen molar-refractivity contribution in [2.45, 2.75) is 32.0 Å². The Labute approximate surface area is 200 Å². The van der Waals surface area contributed by atoms with E-state index in [4.69, 9.17) is 16.3 Å². The molecule has 0 fully saturated rings. The maximum absolute atomic E-state index is 12.7.